The van der Waals surface area contributed by atoms with Crippen LogP contribution in [0.1, 0.15) is 23.6 Å². The van der Waals surface area contributed by atoms with Crippen LogP contribution >= 0.6 is 11.6 Å². The molecule has 10 heteroatoms. The number of benzene rings is 3. The minimum absolute atomic E-state index is 0.248. The smallest absolute Gasteiger partial charge is 0.335 e. The number of urea groups is 1. The van der Waals surface area contributed by atoms with Crippen LogP contribution in [0.15, 0.2) is 66.2 Å². The number of rotatable bonds is 8. The fourth-order valence-electron chi connectivity index (χ4n) is 3.85. The Bertz CT molecular complexity index is 1480. The van der Waals surface area contributed by atoms with Gasteiger partial charge in [-0.3, -0.25) is 19.7 Å². The predicted molar refractivity (Wildman–Crippen MR) is 148 cm³/mol. The van der Waals surface area contributed by atoms with Gasteiger partial charge in [-0.25, -0.2) is 9.69 Å². The normalized spacial score (nSPS) is 14.3. The van der Waals surface area contributed by atoms with Crippen molar-refractivity contribution in [1.82, 2.24) is 5.32 Å². The molecule has 0 aliphatic carbocycles. The van der Waals surface area contributed by atoms with E-state index < -0.39 is 17.8 Å². The number of halogens is 1. The first-order valence-electron chi connectivity index (χ1n) is 12.1. The van der Waals surface area contributed by atoms with E-state index in [4.69, 9.17) is 21.1 Å². The second-order valence-electron chi connectivity index (χ2n) is 8.73. The first-order chi connectivity index (χ1) is 18.7. The summed E-state index contributed by atoms with van der Waals surface area (Å²) in [4.78, 5) is 51.6. The summed E-state index contributed by atoms with van der Waals surface area (Å²) in [5.74, 6) is -1.34. The standard InChI is InChI=1S/C29H26ClN3O6/c1-4-38-25-14-19(8-12-24(25)39-16-26(34)31-21-10-5-17(2)6-11-21)13-22-27(35)32-29(37)33(28(22)36)23-15-20(30)9-7-18(23)3/h5-15H,4,16H2,1-3H3,(H,31,34)(H,32,35,37)/b22-13+. The Kier molecular flexibility index (Phi) is 8.31. The lowest BCUT2D eigenvalue weighted by molar-refractivity contribution is -0.122. The second-order valence-corrected chi connectivity index (χ2v) is 9.17. The lowest BCUT2D eigenvalue weighted by atomic mass is 10.1. The first kappa shape index (κ1) is 27.4. The van der Waals surface area contributed by atoms with Crippen molar-refractivity contribution in [3.8, 4) is 11.5 Å². The van der Waals surface area contributed by atoms with Gasteiger partial charge in [0.1, 0.15) is 5.57 Å². The Morgan fingerprint density at radius 1 is 0.974 bits per heavy atom. The molecule has 0 unspecified atom stereocenters. The van der Waals surface area contributed by atoms with Crippen molar-refractivity contribution >= 4 is 52.8 Å². The minimum Gasteiger partial charge on any atom is -0.490 e. The van der Waals surface area contributed by atoms with Crippen LogP contribution in [0.4, 0.5) is 16.2 Å². The zero-order valence-electron chi connectivity index (χ0n) is 21.5. The third-order valence-electron chi connectivity index (χ3n) is 5.79. The fraction of sp³-hybridized carbons (Fsp3) is 0.172. The van der Waals surface area contributed by atoms with Crippen LogP contribution in [0.25, 0.3) is 6.08 Å². The molecule has 1 fully saturated rings. The van der Waals surface area contributed by atoms with E-state index in [2.05, 4.69) is 10.6 Å². The molecule has 0 radical (unpaired) electrons. The average molecular weight is 548 g/mol. The zero-order chi connectivity index (χ0) is 28.1. The van der Waals surface area contributed by atoms with Crippen molar-refractivity contribution in [3.63, 3.8) is 0 Å². The summed E-state index contributed by atoms with van der Waals surface area (Å²) in [7, 11) is 0. The van der Waals surface area contributed by atoms with Gasteiger partial charge in [0.05, 0.1) is 12.3 Å². The molecule has 3 aromatic carbocycles. The molecule has 0 spiro atoms. The largest absolute Gasteiger partial charge is 0.490 e. The van der Waals surface area contributed by atoms with Crippen molar-refractivity contribution in [2.75, 3.05) is 23.4 Å². The molecule has 0 bridgehead atoms. The van der Waals surface area contributed by atoms with Gasteiger partial charge in [0.2, 0.25) is 0 Å². The molecule has 200 valence electrons. The van der Waals surface area contributed by atoms with Gasteiger partial charge in [-0.15, -0.1) is 0 Å². The number of amides is 5. The Morgan fingerprint density at radius 2 is 1.72 bits per heavy atom. The Balaban J connectivity index is 1.55. The number of nitrogens with zero attached hydrogens (tertiary/aromatic N) is 1. The minimum atomic E-state index is -0.866. The molecule has 1 aliphatic rings. The molecule has 1 saturated heterocycles. The predicted octanol–water partition coefficient (Wildman–Crippen LogP) is 5.04. The molecule has 4 rings (SSSR count). The summed E-state index contributed by atoms with van der Waals surface area (Å²) in [6, 6.07) is 16.1. The number of carbonyl (C=O) groups is 4. The maximum atomic E-state index is 13.3. The van der Waals surface area contributed by atoms with Crippen LogP contribution in [-0.2, 0) is 14.4 Å². The van der Waals surface area contributed by atoms with E-state index >= 15 is 0 Å². The molecular formula is C29H26ClN3O6. The molecule has 1 aliphatic heterocycles. The number of imide groups is 2. The van der Waals surface area contributed by atoms with Crippen LogP contribution < -0.4 is 25.0 Å². The van der Waals surface area contributed by atoms with Gasteiger partial charge in [-0.05, 0) is 74.4 Å². The average Bonchev–Trinajstić information content (AvgIpc) is 2.89. The van der Waals surface area contributed by atoms with Gasteiger partial charge in [0.25, 0.3) is 17.7 Å². The van der Waals surface area contributed by atoms with Crippen molar-refractivity contribution in [2.45, 2.75) is 20.8 Å². The van der Waals surface area contributed by atoms with Crippen LogP contribution in [0.5, 0.6) is 11.5 Å². The molecule has 0 atom stereocenters. The van der Waals surface area contributed by atoms with E-state index in [0.717, 1.165) is 10.5 Å². The summed E-state index contributed by atoms with van der Waals surface area (Å²) in [5, 5.41) is 5.29. The number of aryl methyl sites for hydroxylation is 2. The second kappa shape index (κ2) is 11.8. The first-order valence-corrected chi connectivity index (χ1v) is 12.5. The van der Waals surface area contributed by atoms with Crippen molar-refractivity contribution in [3.05, 3.63) is 87.9 Å². The van der Waals surface area contributed by atoms with Crippen LogP contribution in [0.2, 0.25) is 5.02 Å². The number of anilines is 2. The molecule has 9 nitrogen and oxygen atoms in total. The van der Waals surface area contributed by atoms with E-state index in [9.17, 15) is 19.2 Å². The molecule has 0 aromatic heterocycles. The van der Waals surface area contributed by atoms with Gasteiger partial charge in [0, 0.05) is 10.7 Å². The Labute approximate surface area is 230 Å². The molecule has 1 heterocycles. The maximum Gasteiger partial charge on any atom is 0.335 e. The highest BCUT2D eigenvalue weighted by molar-refractivity contribution is 6.39. The van der Waals surface area contributed by atoms with Gasteiger partial charge in [-0.1, -0.05) is 41.4 Å². The molecule has 0 saturated carbocycles. The van der Waals surface area contributed by atoms with Crippen LogP contribution in [0.3, 0.4) is 0 Å². The van der Waals surface area contributed by atoms with Gasteiger partial charge < -0.3 is 14.8 Å². The third kappa shape index (κ3) is 6.45. The number of hydrogen-bond acceptors (Lipinski definition) is 6. The molecule has 5 amide bonds. The quantitative estimate of drug-likeness (QED) is 0.302. The van der Waals surface area contributed by atoms with Crippen LogP contribution in [-0.4, -0.2) is 37.0 Å². The van der Waals surface area contributed by atoms with E-state index in [-0.39, 0.29) is 23.8 Å². The molecular weight excluding hydrogens is 522 g/mol. The van der Waals surface area contributed by atoms with Gasteiger partial charge in [0.15, 0.2) is 18.1 Å². The van der Waals surface area contributed by atoms with Crippen molar-refractivity contribution < 1.29 is 28.7 Å². The van der Waals surface area contributed by atoms with Crippen molar-refractivity contribution in [2.24, 2.45) is 0 Å². The summed E-state index contributed by atoms with van der Waals surface area (Å²) in [6.45, 7) is 5.51. The van der Waals surface area contributed by atoms with Gasteiger partial charge >= 0.3 is 6.03 Å². The highest BCUT2D eigenvalue weighted by Gasteiger charge is 2.37. The van der Waals surface area contributed by atoms with E-state index in [1.165, 1.54) is 12.1 Å². The molecule has 2 N–H and O–H groups in total. The molecule has 3 aromatic rings. The van der Waals surface area contributed by atoms with E-state index in [1.54, 1.807) is 56.3 Å². The van der Waals surface area contributed by atoms with Gasteiger partial charge in [-0.2, -0.15) is 0 Å². The SMILES string of the molecule is CCOc1cc(/C=C2\C(=O)NC(=O)N(c3cc(Cl)ccc3C)C2=O)ccc1OCC(=O)Nc1ccc(C)cc1. The summed E-state index contributed by atoms with van der Waals surface area (Å²) in [6.07, 6.45) is 1.35. The number of hydrogen-bond donors (Lipinski definition) is 2. The van der Waals surface area contributed by atoms with Crippen LogP contribution in [0, 0.1) is 13.8 Å². The maximum absolute atomic E-state index is 13.3. The highest BCUT2D eigenvalue weighted by atomic mass is 35.5. The lowest BCUT2D eigenvalue weighted by Gasteiger charge is -2.27. The zero-order valence-corrected chi connectivity index (χ0v) is 22.3. The monoisotopic (exact) mass is 547 g/mol. The summed E-state index contributed by atoms with van der Waals surface area (Å²) in [5.41, 5.74) is 2.83. The van der Waals surface area contributed by atoms with E-state index in [0.29, 0.717) is 39.9 Å². The highest BCUT2D eigenvalue weighted by Crippen LogP contribution is 2.31. The topological polar surface area (TPSA) is 114 Å². The molecule has 39 heavy (non-hydrogen) atoms. The lowest BCUT2D eigenvalue weighted by Crippen LogP contribution is -2.54. The number of ether oxygens (including phenoxy) is 2. The number of barbiturate groups is 1. The number of nitrogens with one attached hydrogen (secondary N) is 2. The summed E-state index contributed by atoms with van der Waals surface area (Å²) < 4.78 is 11.3. The Hall–Kier alpha value is -4.63. The number of carbonyl (C=O) groups excluding carboxylic acids is 4. The third-order valence-corrected chi connectivity index (χ3v) is 6.02. The van der Waals surface area contributed by atoms with E-state index in [1.807, 2.05) is 19.1 Å². The summed E-state index contributed by atoms with van der Waals surface area (Å²) >= 11 is 6.08. The van der Waals surface area contributed by atoms with Crippen molar-refractivity contribution in [1.29, 1.82) is 0 Å². The fourth-order valence-corrected chi connectivity index (χ4v) is 4.01. The Morgan fingerprint density at radius 3 is 2.44 bits per heavy atom.